The summed E-state index contributed by atoms with van der Waals surface area (Å²) in [7, 11) is 0. The average Bonchev–Trinajstić information content (AvgIpc) is 2.76. The van der Waals surface area contributed by atoms with E-state index in [4.69, 9.17) is 0 Å². The Hall–Kier alpha value is -2.50. The van der Waals surface area contributed by atoms with Crippen molar-refractivity contribution in [2.45, 2.75) is 11.7 Å². The molecule has 0 bridgehead atoms. The highest BCUT2D eigenvalue weighted by molar-refractivity contribution is 5.41. The van der Waals surface area contributed by atoms with Crippen LogP contribution in [-0.2, 0) is 5.60 Å². The second kappa shape index (κ2) is 8.03. The summed E-state index contributed by atoms with van der Waals surface area (Å²) in [6.07, 6.45) is -1.31. The summed E-state index contributed by atoms with van der Waals surface area (Å²) in [5.41, 5.74) is -2.03. The fraction of sp³-hybridized carbons (Fsp3) is 0.217. The van der Waals surface area contributed by atoms with E-state index in [0.29, 0.717) is 16.7 Å². The normalized spacial score (nSPS) is 13.3. The lowest BCUT2D eigenvalue weighted by Crippen LogP contribution is -2.55. The fourth-order valence-electron chi connectivity index (χ4n) is 3.70. The van der Waals surface area contributed by atoms with E-state index in [1.54, 1.807) is 72.8 Å². The molecule has 0 aliphatic heterocycles. The minimum absolute atomic E-state index is 0.481. The highest BCUT2D eigenvalue weighted by Crippen LogP contribution is 2.51. The first-order chi connectivity index (χ1) is 13.1. The molecule has 3 rings (SSSR count). The lowest BCUT2D eigenvalue weighted by atomic mass is 9.61. The molecule has 1 atom stereocenters. The Morgan fingerprint density at radius 2 is 1.00 bits per heavy atom. The van der Waals surface area contributed by atoms with Crippen LogP contribution in [-0.4, -0.2) is 33.6 Å². The van der Waals surface area contributed by atoms with Crippen molar-refractivity contribution in [3.05, 3.63) is 108 Å². The summed E-state index contributed by atoms with van der Waals surface area (Å²) in [5, 5.41) is 44.0. The monoisotopic (exact) mass is 364 g/mol. The van der Waals surface area contributed by atoms with Crippen molar-refractivity contribution >= 4 is 0 Å². The SMILES string of the molecule is OCC(CO)(C(O)c1ccccc1)C(O)(c1ccccc1)c1ccccc1. The Morgan fingerprint density at radius 3 is 1.37 bits per heavy atom. The van der Waals surface area contributed by atoms with Gasteiger partial charge >= 0.3 is 0 Å². The summed E-state index contributed by atoms with van der Waals surface area (Å²) in [6.45, 7) is -1.25. The van der Waals surface area contributed by atoms with Crippen molar-refractivity contribution in [3.63, 3.8) is 0 Å². The zero-order chi connectivity index (χ0) is 19.3. The second-order valence-corrected chi connectivity index (χ2v) is 6.73. The third-order valence-corrected chi connectivity index (χ3v) is 5.31. The largest absolute Gasteiger partial charge is 0.395 e. The van der Waals surface area contributed by atoms with E-state index in [0.717, 1.165) is 0 Å². The Bertz CT molecular complexity index is 791. The van der Waals surface area contributed by atoms with E-state index in [-0.39, 0.29) is 0 Å². The maximum atomic E-state index is 12.0. The van der Waals surface area contributed by atoms with Crippen molar-refractivity contribution in [3.8, 4) is 0 Å². The molecule has 1 unspecified atom stereocenters. The second-order valence-electron chi connectivity index (χ2n) is 6.73. The highest BCUT2D eigenvalue weighted by Gasteiger charge is 2.56. The van der Waals surface area contributed by atoms with Crippen LogP contribution in [0.2, 0.25) is 0 Å². The van der Waals surface area contributed by atoms with Gasteiger partial charge in [0.25, 0.3) is 0 Å². The molecule has 0 fully saturated rings. The van der Waals surface area contributed by atoms with Crippen molar-refractivity contribution < 1.29 is 20.4 Å². The smallest absolute Gasteiger partial charge is 0.127 e. The Morgan fingerprint density at radius 1 is 0.630 bits per heavy atom. The summed E-state index contributed by atoms with van der Waals surface area (Å²) >= 11 is 0. The van der Waals surface area contributed by atoms with Crippen LogP contribution in [0.15, 0.2) is 91.0 Å². The highest BCUT2D eigenvalue weighted by atomic mass is 16.3. The van der Waals surface area contributed by atoms with E-state index in [1.165, 1.54) is 0 Å². The van der Waals surface area contributed by atoms with E-state index < -0.39 is 30.3 Å². The molecule has 0 saturated carbocycles. The zero-order valence-corrected chi connectivity index (χ0v) is 14.9. The molecule has 4 nitrogen and oxygen atoms in total. The van der Waals surface area contributed by atoms with Gasteiger partial charge < -0.3 is 20.4 Å². The lowest BCUT2D eigenvalue weighted by molar-refractivity contribution is -0.173. The number of hydrogen-bond donors (Lipinski definition) is 4. The van der Waals surface area contributed by atoms with Crippen molar-refractivity contribution in [2.24, 2.45) is 5.41 Å². The molecule has 0 aromatic heterocycles. The molecule has 0 aliphatic rings. The minimum Gasteiger partial charge on any atom is -0.395 e. The molecule has 140 valence electrons. The topological polar surface area (TPSA) is 80.9 Å². The molecule has 0 spiro atoms. The van der Waals surface area contributed by atoms with Gasteiger partial charge in [0.1, 0.15) is 5.60 Å². The first-order valence-corrected chi connectivity index (χ1v) is 8.88. The van der Waals surface area contributed by atoms with Gasteiger partial charge in [-0.15, -0.1) is 0 Å². The molecule has 4 heteroatoms. The molecular formula is C23H24O4. The Labute approximate surface area is 159 Å². The van der Waals surface area contributed by atoms with Crippen LogP contribution in [0, 0.1) is 5.41 Å². The molecule has 0 saturated heterocycles. The van der Waals surface area contributed by atoms with E-state index in [1.807, 2.05) is 18.2 Å². The molecule has 0 aliphatic carbocycles. The molecular weight excluding hydrogens is 340 g/mol. The first kappa shape index (κ1) is 19.3. The van der Waals surface area contributed by atoms with Crippen LogP contribution >= 0.6 is 0 Å². The molecule has 27 heavy (non-hydrogen) atoms. The van der Waals surface area contributed by atoms with Gasteiger partial charge in [0.2, 0.25) is 0 Å². The van der Waals surface area contributed by atoms with Crippen LogP contribution in [0.25, 0.3) is 0 Å². The molecule has 0 radical (unpaired) electrons. The maximum Gasteiger partial charge on any atom is 0.127 e. The van der Waals surface area contributed by atoms with Gasteiger partial charge in [-0.25, -0.2) is 0 Å². The van der Waals surface area contributed by atoms with Gasteiger partial charge in [-0.3, -0.25) is 0 Å². The third-order valence-electron chi connectivity index (χ3n) is 5.31. The standard InChI is InChI=1S/C23H24O4/c24-16-22(17-25,21(26)18-10-4-1-5-11-18)23(27,19-12-6-2-7-13-19)20-14-8-3-9-15-20/h1-15,21,24-27H,16-17H2. The van der Waals surface area contributed by atoms with Gasteiger partial charge in [-0.2, -0.15) is 0 Å². The predicted octanol–water partition coefficient (Wildman–Crippen LogP) is 2.63. The number of aliphatic hydroxyl groups excluding tert-OH is 3. The van der Waals surface area contributed by atoms with Crippen molar-refractivity contribution in [2.75, 3.05) is 13.2 Å². The van der Waals surface area contributed by atoms with Gasteiger partial charge in [0.05, 0.1) is 24.7 Å². The van der Waals surface area contributed by atoms with Crippen LogP contribution in [0.3, 0.4) is 0 Å². The number of rotatable bonds is 7. The van der Waals surface area contributed by atoms with E-state index >= 15 is 0 Å². The molecule has 4 N–H and O–H groups in total. The fourth-order valence-corrected chi connectivity index (χ4v) is 3.70. The van der Waals surface area contributed by atoms with Crippen LogP contribution in [0.5, 0.6) is 0 Å². The molecule has 0 heterocycles. The zero-order valence-electron chi connectivity index (χ0n) is 14.9. The Balaban J connectivity index is 2.27. The van der Waals surface area contributed by atoms with Gasteiger partial charge in [-0.05, 0) is 16.7 Å². The van der Waals surface area contributed by atoms with Crippen LogP contribution < -0.4 is 0 Å². The number of hydrogen-bond acceptors (Lipinski definition) is 4. The lowest BCUT2D eigenvalue weighted by Gasteiger charge is -2.48. The van der Waals surface area contributed by atoms with Gasteiger partial charge in [0.15, 0.2) is 0 Å². The summed E-state index contributed by atoms with van der Waals surface area (Å²) in [6, 6.07) is 26.4. The van der Waals surface area contributed by atoms with Crippen LogP contribution in [0.4, 0.5) is 0 Å². The molecule has 3 aromatic carbocycles. The van der Waals surface area contributed by atoms with E-state index in [2.05, 4.69) is 0 Å². The predicted molar refractivity (Wildman–Crippen MR) is 104 cm³/mol. The third kappa shape index (κ3) is 3.17. The van der Waals surface area contributed by atoms with Gasteiger partial charge in [0, 0.05) is 0 Å². The van der Waals surface area contributed by atoms with Crippen LogP contribution in [0.1, 0.15) is 22.8 Å². The first-order valence-electron chi connectivity index (χ1n) is 8.88. The number of aliphatic hydroxyl groups is 4. The minimum atomic E-state index is -1.83. The van der Waals surface area contributed by atoms with Crippen molar-refractivity contribution in [1.82, 2.24) is 0 Å². The summed E-state index contributed by atoms with van der Waals surface area (Å²) in [5.74, 6) is 0. The quantitative estimate of drug-likeness (QED) is 0.520. The molecule has 0 amide bonds. The average molecular weight is 364 g/mol. The summed E-state index contributed by atoms with van der Waals surface area (Å²) in [4.78, 5) is 0. The molecule has 3 aromatic rings. The number of benzene rings is 3. The van der Waals surface area contributed by atoms with Crippen molar-refractivity contribution in [1.29, 1.82) is 0 Å². The van der Waals surface area contributed by atoms with E-state index in [9.17, 15) is 20.4 Å². The summed E-state index contributed by atoms with van der Waals surface area (Å²) < 4.78 is 0. The Kier molecular flexibility index (Phi) is 5.73. The maximum absolute atomic E-state index is 12.0. The van der Waals surface area contributed by atoms with Gasteiger partial charge in [-0.1, -0.05) is 91.0 Å².